The van der Waals surface area contributed by atoms with Crippen LogP contribution in [0.4, 0.5) is 0 Å². The molecule has 0 aliphatic carbocycles. The molecule has 0 fully saturated rings. The molecule has 0 saturated carbocycles. The number of carbonyl (C=O) groups is 2. The topological polar surface area (TPSA) is 127 Å². The Morgan fingerprint density at radius 1 is 0.745 bits per heavy atom. The lowest BCUT2D eigenvalue weighted by Gasteiger charge is -2.30. The predicted molar refractivity (Wildman–Crippen MR) is 210 cm³/mol. The zero-order valence-electron chi connectivity index (χ0n) is 31.4. The van der Waals surface area contributed by atoms with Crippen molar-refractivity contribution in [3.05, 3.63) is 94.6 Å². The Morgan fingerprint density at radius 2 is 1.22 bits per heavy atom. The lowest BCUT2D eigenvalue weighted by Crippen LogP contribution is -2.42. The van der Waals surface area contributed by atoms with Crippen LogP contribution in [-0.4, -0.2) is 67.0 Å². The lowest BCUT2D eigenvalue weighted by atomic mass is 10.0. The van der Waals surface area contributed by atoms with Crippen molar-refractivity contribution in [1.29, 1.82) is 0 Å². The number of allylic oxidation sites excluding steroid dienone is 6. The Kier molecular flexibility index (Phi) is 11.3. The third-order valence-corrected chi connectivity index (χ3v) is 10.3. The number of nitrogens with one attached hydrogen (secondary N) is 3. The van der Waals surface area contributed by atoms with Crippen molar-refractivity contribution in [3.8, 4) is 0 Å². The van der Waals surface area contributed by atoms with Gasteiger partial charge in [-0.1, -0.05) is 25.3 Å². The maximum absolute atomic E-state index is 13.2. The lowest BCUT2D eigenvalue weighted by molar-refractivity contribution is -0.137. The number of carboxylic acid groups (broad SMARTS) is 1. The normalized spacial score (nSPS) is 13.2. The molecule has 9 nitrogen and oxygen atoms in total. The molecule has 268 valence electrons. The Hall–Kier alpha value is -5.02. The molecule has 5 heterocycles. The van der Waals surface area contributed by atoms with Gasteiger partial charge in [-0.15, -0.1) is 0 Å². The van der Waals surface area contributed by atoms with Crippen LogP contribution in [0.15, 0.2) is 49.6 Å². The predicted octanol–water partition coefficient (Wildman–Crippen LogP) is 8.35. The molecule has 2 aliphatic heterocycles. The van der Waals surface area contributed by atoms with Crippen LogP contribution in [0.2, 0.25) is 0 Å². The number of hydrogen-bond acceptors (Lipinski definition) is 5. The molecule has 0 atom stereocenters. The van der Waals surface area contributed by atoms with Gasteiger partial charge >= 0.3 is 5.97 Å². The summed E-state index contributed by atoms with van der Waals surface area (Å²) in [6.07, 6.45) is 4.89. The van der Waals surface area contributed by atoms with Gasteiger partial charge in [0.2, 0.25) is 5.91 Å². The van der Waals surface area contributed by atoms with Gasteiger partial charge in [-0.05, 0) is 126 Å². The van der Waals surface area contributed by atoms with E-state index in [1.165, 1.54) is 0 Å². The molecule has 3 aromatic heterocycles. The molecule has 5 rings (SSSR count). The van der Waals surface area contributed by atoms with Gasteiger partial charge in [0.15, 0.2) is 0 Å². The summed E-state index contributed by atoms with van der Waals surface area (Å²) < 4.78 is 0. The van der Waals surface area contributed by atoms with Crippen LogP contribution in [-0.2, 0) is 22.4 Å². The van der Waals surface area contributed by atoms with E-state index in [-0.39, 0.29) is 12.3 Å². The van der Waals surface area contributed by atoms with Crippen LogP contribution in [0, 0.1) is 13.8 Å². The second-order valence-electron chi connectivity index (χ2n) is 14.1. The number of rotatable bonds is 13. The summed E-state index contributed by atoms with van der Waals surface area (Å²) in [6, 6.07) is 8.92. The molecule has 0 spiro atoms. The first-order chi connectivity index (χ1) is 24.2. The molecule has 9 heteroatoms. The number of H-pyrrole nitrogens is 2. The Bertz CT molecular complexity index is 2120. The highest BCUT2D eigenvalue weighted by Gasteiger charge is 2.21. The summed E-state index contributed by atoms with van der Waals surface area (Å²) in [5, 5.41) is 12.7. The number of fused-ring (bicyclic) bond motifs is 8. The van der Waals surface area contributed by atoms with Crippen molar-refractivity contribution in [3.63, 3.8) is 0 Å². The fourth-order valence-corrected chi connectivity index (χ4v) is 7.30. The van der Waals surface area contributed by atoms with Gasteiger partial charge in [0.25, 0.3) is 0 Å². The molecule has 0 aromatic carbocycles. The third kappa shape index (κ3) is 7.84. The van der Waals surface area contributed by atoms with E-state index in [0.717, 1.165) is 95.9 Å². The summed E-state index contributed by atoms with van der Waals surface area (Å²) >= 11 is 0. The minimum Gasteiger partial charge on any atom is -0.481 e. The number of hydrogen-bond donors (Lipinski definition) is 4. The first-order valence-corrected chi connectivity index (χ1v) is 17.9. The van der Waals surface area contributed by atoms with E-state index in [9.17, 15) is 14.7 Å². The molecule has 8 bridgehead atoms. The van der Waals surface area contributed by atoms with Crippen LogP contribution in [0.5, 0.6) is 0 Å². The molecule has 4 N–H and O–H groups in total. The van der Waals surface area contributed by atoms with Crippen molar-refractivity contribution in [1.82, 2.24) is 30.2 Å². The Morgan fingerprint density at radius 3 is 1.71 bits per heavy atom. The Labute approximate surface area is 301 Å². The average molecular weight is 689 g/mol. The molecule has 3 aromatic rings. The van der Waals surface area contributed by atoms with E-state index in [1.54, 1.807) is 0 Å². The summed E-state index contributed by atoms with van der Waals surface area (Å²) in [7, 11) is 0. The molecule has 1 amide bonds. The molecular formula is C42H52N6O3. The van der Waals surface area contributed by atoms with Crippen LogP contribution in [0.25, 0.3) is 44.4 Å². The maximum Gasteiger partial charge on any atom is 0.303 e. The van der Waals surface area contributed by atoms with Gasteiger partial charge in [-0.3, -0.25) is 14.5 Å². The van der Waals surface area contributed by atoms with E-state index in [1.807, 2.05) is 38.1 Å². The largest absolute Gasteiger partial charge is 0.481 e. The average Bonchev–Trinajstić information content (AvgIpc) is 3.73. The maximum atomic E-state index is 13.2. The van der Waals surface area contributed by atoms with Gasteiger partial charge in [-0.25, -0.2) is 9.97 Å². The van der Waals surface area contributed by atoms with Gasteiger partial charge < -0.3 is 20.4 Å². The molecule has 51 heavy (non-hydrogen) atoms. The summed E-state index contributed by atoms with van der Waals surface area (Å²) in [6.45, 7) is 26.4. The molecular weight excluding hydrogens is 637 g/mol. The van der Waals surface area contributed by atoms with Crippen molar-refractivity contribution in [2.24, 2.45) is 0 Å². The van der Waals surface area contributed by atoms with Crippen LogP contribution < -0.4 is 5.32 Å². The van der Waals surface area contributed by atoms with Crippen molar-refractivity contribution in [2.45, 2.75) is 93.2 Å². The fraction of sp³-hybridized carbons (Fsp3) is 0.381. The molecule has 2 aliphatic rings. The van der Waals surface area contributed by atoms with Crippen molar-refractivity contribution < 1.29 is 14.7 Å². The fourth-order valence-electron chi connectivity index (χ4n) is 7.30. The van der Waals surface area contributed by atoms with Crippen molar-refractivity contribution >= 4 is 56.2 Å². The zero-order valence-corrected chi connectivity index (χ0v) is 31.4. The standard InChI is InChI=1S/C42H52N6O3/c1-11-29-25(7)33-19-34-27(9)31(13-15-41(49)43-17-18-48(23(3)4)24(5)6)39(46-34)22-40-32(14-16-42(50)51)28(10)36(47-40)21-38-30(12-2)26(8)35(45-38)20-37(29)44-33/h11-12,19-24,46-47H,1-2,13-18H2,3-10H3,(H,43,49)(H,50,51). The number of aryl methyl sites for hydroxylation is 4. The smallest absolute Gasteiger partial charge is 0.303 e. The van der Waals surface area contributed by atoms with Crippen LogP contribution >= 0.6 is 0 Å². The molecule has 0 unspecified atom stereocenters. The van der Waals surface area contributed by atoms with E-state index in [0.29, 0.717) is 37.9 Å². The van der Waals surface area contributed by atoms with E-state index < -0.39 is 5.97 Å². The number of aromatic amines is 2. The summed E-state index contributed by atoms with van der Waals surface area (Å²) in [5.41, 5.74) is 14.5. The van der Waals surface area contributed by atoms with E-state index in [2.05, 4.69) is 87.0 Å². The number of nitrogens with zero attached hydrogens (tertiary/aromatic N) is 3. The molecule has 0 radical (unpaired) electrons. The highest BCUT2D eigenvalue weighted by Crippen LogP contribution is 2.36. The quantitative estimate of drug-likeness (QED) is 0.143. The minimum absolute atomic E-state index is 0.000263. The van der Waals surface area contributed by atoms with Crippen LogP contribution in [0.1, 0.15) is 99.4 Å². The first kappa shape index (κ1) is 37.2. The van der Waals surface area contributed by atoms with E-state index >= 15 is 0 Å². The SMILES string of the molecule is C=CC1=C(C)c2cc3[nH]c(cc4[nH]c(cc5nc(cc1n2)C(C)=C5C=C)c(C)c4CCC(=O)O)c(CCC(=O)NCCN(C(C)C)C(C)C)c3C. The number of amides is 1. The number of aliphatic carboxylic acids is 1. The van der Waals surface area contributed by atoms with Gasteiger partial charge in [0.1, 0.15) is 0 Å². The van der Waals surface area contributed by atoms with Crippen molar-refractivity contribution in [2.75, 3.05) is 13.1 Å². The first-order valence-electron chi connectivity index (χ1n) is 17.9. The summed E-state index contributed by atoms with van der Waals surface area (Å²) in [4.78, 5) is 44.6. The van der Waals surface area contributed by atoms with Crippen LogP contribution in [0.3, 0.4) is 0 Å². The Balaban J connectivity index is 1.70. The third-order valence-electron chi connectivity index (χ3n) is 10.3. The van der Waals surface area contributed by atoms with Gasteiger partial charge in [0, 0.05) is 71.2 Å². The molecule has 0 saturated heterocycles. The van der Waals surface area contributed by atoms with E-state index in [4.69, 9.17) is 9.97 Å². The van der Waals surface area contributed by atoms with Gasteiger partial charge in [0.05, 0.1) is 22.8 Å². The highest BCUT2D eigenvalue weighted by molar-refractivity contribution is 5.99. The second-order valence-corrected chi connectivity index (χ2v) is 14.1. The zero-order chi connectivity index (χ0) is 37.1. The highest BCUT2D eigenvalue weighted by atomic mass is 16.4. The monoisotopic (exact) mass is 688 g/mol. The summed E-state index contributed by atoms with van der Waals surface area (Å²) in [5.74, 6) is -0.848. The minimum atomic E-state index is -0.854. The van der Waals surface area contributed by atoms with Gasteiger partial charge in [-0.2, -0.15) is 0 Å². The number of carbonyl (C=O) groups excluding carboxylic acids is 1. The number of carboxylic acids is 1. The second kappa shape index (κ2) is 15.5. The number of aromatic nitrogens is 4.